The van der Waals surface area contributed by atoms with Gasteiger partial charge in [0.15, 0.2) is 23.0 Å². The zero-order chi connectivity index (χ0) is 13.8. The molecule has 0 unspecified atom stereocenters. The maximum Gasteiger partial charge on any atom is 0.176 e. The van der Waals surface area contributed by atoms with E-state index in [9.17, 15) is 4.39 Å². The number of imidazole rings is 1. The molecule has 2 aromatic rings. The minimum absolute atomic E-state index is 0.0662. The number of methoxy groups -OCH3 is 1. The first-order chi connectivity index (χ1) is 9.19. The number of halogens is 1. The largest absolute Gasteiger partial charge is 0.494 e. The molecule has 0 atom stereocenters. The molecule has 0 fully saturated rings. The molecule has 6 heteroatoms. The van der Waals surface area contributed by atoms with Crippen LogP contribution < -0.4 is 4.74 Å². The van der Waals surface area contributed by atoms with Crippen LogP contribution >= 0.6 is 0 Å². The lowest BCUT2D eigenvalue weighted by molar-refractivity contribution is 0.386. The Morgan fingerprint density at radius 1 is 1.37 bits per heavy atom. The predicted molar refractivity (Wildman–Crippen MR) is 63.7 cm³/mol. The Hall–Kier alpha value is -2.86. The number of hydrogen-bond donors (Lipinski definition) is 0. The first kappa shape index (κ1) is 12.6. The summed E-state index contributed by atoms with van der Waals surface area (Å²) in [5, 5.41) is 17.8. The van der Waals surface area contributed by atoms with Crippen molar-refractivity contribution in [3.8, 4) is 17.9 Å². The summed E-state index contributed by atoms with van der Waals surface area (Å²) in [5.41, 5.74) is 0.881. The standard InChI is InChI=1S/C13H9FN4O/c1-19-13-3-2-9(4-10(13)14)7-18-8-17-11(5-15)12(18)6-16/h2-4,8H,7H2,1H3. The van der Waals surface area contributed by atoms with Gasteiger partial charge in [0.25, 0.3) is 0 Å². The predicted octanol–water partition coefficient (Wildman–Crippen LogP) is 1.82. The molecule has 1 aromatic carbocycles. The molecular weight excluding hydrogens is 247 g/mol. The van der Waals surface area contributed by atoms with Crippen molar-refractivity contribution < 1.29 is 9.13 Å². The molecule has 94 valence electrons. The van der Waals surface area contributed by atoms with E-state index in [2.05, 4.69) is 4.98 Å². The van der Waals surface area contributed by atoms with Crippen LogP contribution in [-0.4, -0.2) is 16.7 Å². The highest BCUT2D eigenvalue weighted by atomic mass is 19.1. The maximum atomic E-state index is 13.5. The zero-order valence-electron chi connectivity index (χ0n) is 10.1. The van der Waals surface area contributed by atoms with E-state index in [-0.39, 0.29) is 23.7 Å². The fourth-order valence-electron chi connectivity index (χ4n) is 1.71. The Bertz CT molecular complexity index is 694. The maximum absolute atomic E-state index is 13.5. The molecule has 0 bridgehead atoms. The summed E-state index contributed by atoms with van der Waals surface area (Å²) >= 11 is 0. The summed E-state index contributed by atoms with van der Waals surface area (Å²) in [6.07, 6.45) is 1.39. The fraction of sp³-hybridized carbons (Fsp3) is 0.154. The summed E-state index contributed by atoms with van der Waals surface area (Å²) in [7, 11) is 1.39. The van der Waals surface area contributed by atoms with Gasteiger partial charge < -0.3 is 9.30 Å². The highest BCUT2D eigenvalue weighted by molar-refractivity contribution is 5.37. The number of hydrogen-bond acceptors (Lipinski definition) is 4. The molecule has 0 saturated heterocycles. The normalized spacial score (nSPS) is 9.68. The summed E-state index contributed by atoms with van der Waals surface area (Å²) in [5.74, 6) is -0.313. The Morgan fingerprint density at radius 3 is 2.74 bits per heavy atom. The third kappa shape index (κ3) is 2.38. The third-order valence-electron chi connectivity index (χ3n) is 2.62. The van der Waals surface area contributed by atoms with Gasteiger partial charge in [-0.3, -0.25) is 0 Å². The average molecular weight is 256 g/mol. The van der Waals surface area contributed by atoms with Crippen LogP contribution in [-0.2, 0) is 6.54 Å². The van der Waals surface area contributed by atoms with Crippen molar-refractivity contribution in [2.45, 2.75) is 6.54 Å². The number of benzene rings is 1. The molecule has 19 heavy (non-hydrogen) atoms. The van der Waals surface area contributed by atoms with Crippen molar-refractivity contribution in [3.05, 3.63) is 47.3 Å². The lowest BCUT2D eigenvalue weighted by Gasteiger charge is -2.06. The SMILES string of the molecule is COc1ccc(Cn2cnc(C#N)c2C#N)cc1F. The van der Waals surface area contributed by atoms with Crippen molar-refractivity contribution in [1.82, 2.24) is 9.55 Å². The van der Waals surface area contributed by atoms with Crippen LogP contribution in [0.2, 0.25) is 0 Å². The van der Waals surface area contributed by atoms with Gasteiger partial charge in [-0.25, -0.2) is 9.37 Å². The fourth-order valence-corrected chi connectivity index (χ4v) is 1.71. The van der Waals surface area contributed by atoms with E-state index >= 15 is 0 Å². The zero-order valence-corrected chi connectivity index (χ0v) is 10.1. The van der Waals surface area contributed by atoms with Crippen molar-refractivity contribution in [2.75, 3.05) is 7.11 Å². The molecule has 0 radical (unpaired) electrons. The molecule has 0 spiro atoms. The highest BCUT2D eigenvalue weighted by Crippen LogP contribution is 2.19. The number of ether oxygens (including phenoxy) is 1. The van der Waals surface area contributed by atoms with E-state index in [1.807, 2.05) is 12.1 Å². The third-order valence-corrected chi connectivity index (χ3v) is 2.62. The number of rotatable bonds is 3. The van der Waals surface area contributed by atoms with E-state index in [0.29, 0.717) is 5.56 Å². The van der Waals surface area contributed by atoms with Crippen molar-refractivity contribution >= 4 is 0 Å². The molecule has 5 nitrogen and oxygen atoms in total. The van der Waals surface area contributed by atoms with Crippen molar-refractivity contribution in [1.29, 1.82) is 10.5 Å². The van der Waals surface area contributed by atoms with Gasteiger partial charge in [0.1, 0.15) is 12.1 Å². The second kappa shape index (κ2) is 5.19. The van der Waals surface area contributed by atoms with Gasteiger partial charge in [0.05, 0.1) is 13.4 Å². The minimum Gasteiger partial charge on any atom is -0.494 e. The Labute approximate surface area is 109 Å². The first-order valence-corrected chi connectivity index (χ1v) is 5.37. The van der Waals surface area contributed by atoms with E-state index in [4.69, 9.17) is 15.3 Å². The number of nitrogens with zero attached hydrogens (tertiary/aromatic N) is 4. The van der Waals surface area contributed by atoms with Crippen LogP contribution in [0.25, 0.3) is 0 Å². The van der Waals surface area contributed by atoms with E-state index < -0.39 is 5.82 Å². The van der Waals surface area contributed by atoms with Crippen LogP contribution in [0.1, 0.15) is 17.0 Å². The van der Waals surface area contributed by atoms with Gasteiger partial charge >= 0.3 is 0 Å². The number of aromatic nitrogens is 2. The van der Waals surface area contributed by atoms with E-state index in [1.165, 1.54) is 30.1 Å². The lowest BCUT2D eigenvalue weighted by Crippen LogP contribution is -2.02. The van der Waals surface area contributed by atoms with Gasteiger partial charge in [-0.1, -0.05) is 6.07 Å². The monoisotopic (exact) mass is 256 g/mol. The molecule has 0 aliphatic heterocycles. The van der Waals surface area contributed by atoms with Gasteiger partial charge in [-0.05, 0) is 17.7 Å². The topological polar surface area (TPSA) is 74.6 Å². The highest BCUT2D eigenvalue weighted by Gasteiger charge is 2.11. The van der Waals surface area contributed by atoms with Crippen LogP contribution in [0, 0.1) is 28.5 Å². The average Bonchev–Trinajstić information content (AvgIpc) is 2.81. The molecular formula is C13H9FN4O. The van der Waals surface area contributed by atoms with Crippen molar-refractivity contribution in [3.63, 3.8) is 0 Å². The molecule has 0 saturated carbocycles. The molecule has 1 heterocycles. The molecule has 1 aromatic heterocycles. The van der Waals surface area contributed by atoms with Crippen LogP contribution in [0.5, 0.6) is 5.75 Å². The molecule has 0 aliphatic carbocycles. The quantitative estimate of drug-likeness (QED) is 0.839. The molecule has 0 amide bonds. The van der Waals surface area contributed by atoms with E-state index in [1.54, 1.807) is 6.07 Å². The second-order valence-electron chi connectivity index (χ2n) is 3.76. The summed E-state index contributed by atoms with van der Waals surface area (Å²) < 4.78 is 19.9. The minimum atomic E-state index is -0.473. The van der Waals surface area contributed by atoms with Crippen LogP contribution in [0.4, 0.5) is 4.39 Å². The van der Waals surface area contributed by atoms with Crippen molar-refractivity contribution in [2.24, 2.45) is 0 Å². The molecule has 0 N–H and O–H groups in total. The summed E-state index contributed by atoms with van der Waals surface area (Å²) in [4.78, 5) is 3.82. The Kier molecular flexibility index (Phi) is 3.44. The van der Waals surface area contributed by atoms with Gasteiger partial charge in [-0.2, -0.15) is 10.5 Å². The molecule has 0 aliphatic rings. The summed E-state index contributed by atoms with van der Waals surface area (Å²) in [6, 6.07) is 8.27. The van der Waals surface area contributed by atoms with E-state index in [0.717, 1.165) is 0 Å². The second-order valence-corrected chi connectivity index (χ2v) is 3.76. The smallest absolute Gasteiger partial charge is 0.176 e. The van der Waals surface area contributed by atoms with Gasteiger partial charge in [0, 0.05) is 6.54 Å². The Morgan fingerprint density at radius 2 is 2.16 bits per heavy atom. The lowest BCUT2D eigenvalue weighted by atomic mass is 10.2. The summed E-state index contributed by atoms with van der Waals surface area (Å²) in [6.45, 7) is 0.262. The van der Waals surface area contributed by atoms with Crippen LogP contribution in [0.3, 0.4) is 0 Å². The Balaban J connectivity index is 2.32. The molecule has 2 rings (SSSR count). The van der Waals surface area contributed by atoms with Crippen LogP contribution in [0.15, 0.2) is 24.5 Å². The van der Waals surface area contributed by atoms with Gasteiger partial charge in [0.2, 0.25) is 0 Å². The first-order valence-electron chi connectivity index (χ1n) is 5.37. The number of nitriles is 2. The van der Waals surface area contributed by atoms with Gasteiger partial charge in [-0.15, -0.1) is 0 Å².